The fraction of sp³-hybridized carbons (Fsp3) is 0.160. The van der Waals surface area contributed by atoms with Crippen molar-refractivity contribution in [3.05, 3.63) is 100 Å². The molecule has 0 saturated carbocycles. The molecule has 1 heterocycles. The predicted molar refractivity (Wildman–Crippen MR) is 114 cm³/mol. The third-order valence-corrected chi connectivity index (χ3v) is 5.14. The summed E-state index contributed by atoms with van der Waals surface area (Å²) in [4.78, 5) is 26.9. The van der Waals surface area contributed by atoms with E-state index in [0.717, 1.165) is 27.9 Å². The molecule has 0 amide bonds. The number of fused-ring (bicyclic) bond motifs is 1. The number of rotatable bonds is 3. The van der Waals surface area contributed by atoms with Crippen LogP contribution in [0.5, 0.6) is 0 Å². The van der Waals surface area contributed by atoms with Gasteiger partial charge in [-0.25, -0.2) is 0 Å². The fourth-order valence-corrected chi connectivity index (χ4v) is 3.85. The summed E-state index contributed by atoms with van der Waals surface area (Å²) in [5.74, 6) is -0.343. The Morgan fingerprint density at radius 3 is 1.97 bits per heavy atom. The molecule has 4 rings (SSSR count). The smallest absolute Gasteiger partial charge is 0.286 e. The fourth-order valence-electron chi connectivity index (χ4n) is 3.85. The van der Waals surface area contributed by atoms with E-state index in [9.17, 15) is 9.59 Å². The second kappa shape index (κ2) is 7.13. The molecule has 144 valence electrons. The third-order valence-electron chi connectivity index (χ3n) is 5.14. The molecule has 0 radical (unpaired) electrons. The van der Waals surface area contributed by atoms with Crippen LogP contribution in [0.2, 0.25) is 0 Å². The van der Waals surface area contributed by atoms with Gasteiger partial charge in [0.05, 0.1) is 0 Å². The van der Waals surface area contributed by atoms with Gasteiger partial charge in [0.2, 0.25) is 5.78 Å². The highest BCUT2D eigenvalue weighted by Crippen LogP contribution is 2.29. The zero-order valence-corrected chi connectivity index (χ0v) is 17.0. The van der Waals surface area contributed by atoms with E-state index in [1.807, 2.05) is 58.3 Å². The second-order valence-corrected chi connectivity index (χ2v) is 7.67. The van der Waals surface area contributed by atoms with Gasteiger partial charge in [-0.15, -0.1) is 0 Å². The predicted octanol–water partition coefficient (Wildman–Crippen LogP) is 4.57. The third kappa shape index (κ3) is 3.38. The monoisotopic (exact) mass is 383 g/mol. The standard InChI is InChI=1S/C25H22N2O2/c1-15-9-10-21(18(4)12-15)26-22-23(27-13-16(2)11-17(3)14-27)25(29)20-8-6-5-7-19(20)24(22)28/h5-14H,1-4H3/p+1. The maximum Gasteiger partial charge on any atom is 0.286 e. The molecule has 0 atom stereocenters. The minimum Gasteiger partial charge on any atom is -0.346 e. The molecule has 3 aromatic rings. The van der Waals surface area contributed by atoms with Gasteiger partial charge in [-0.1, -0.05) is 42.0 Å². The molecular weight excluding hydrogens is 360 g/mol. The quantitative estimate of drug-likeness (QED) is 0.674. The molecule has 0 spiro atoms. The molecule has 0 fully saturated rings. The van der Waals surface area contributed by atoms with Crippen molar-refractivity contribution in [1.29, 1.82) is 0 Å². The van der Waals surface area contributed by atoms with Gasteiger partial charge < -0.3 is 5.32 Å². The van der Waals surface area contributed by atoms with E-state index in [2.05, 4.69) is 11.4 Å². The van der Waals surface area contributed by atoms with Crippen LogP contribution in [0.3, 0.4) is 0 Å². The van der Waals surface area contributed by atoms with Crippen molar-refractivity contribution in [1.82, 2.24) is 0 Å². The van der Waals surface area contributed by atoms with Gasteiger partial charge in [0.1, 0.15) is 0 Å². The van der Waals surface area contributed by atoms with Crippen molar-refractivity contribution in [3.63, 3.8) is 0 Å². The van der Waals surface area contributed by atoms with E-state index in [-0.39, 0.29) is 11.6 Å². The van der Waals surface area contributed by atoms with Crippen LogP contribution in [0.1, 0.15) is 43.0 Å². The van der Waals surface area contributed by atoms with Crippen molar-refractivity contribution in [2.75, 3.05) is 5.32 Å². The number of anilines is 1. The van der Waals surface area contributed by atoms with Crippen molar-refractivity contribution in [2.24, 2.45) is 0 Å². The first-order valence-electron chi connectivity index (χ1n) is 9.62. The highest BCUT2D eigenvalue weighted by molar-refractivity contribution is 6.36. The molecule has 1 aliphatic rings. The zero-order valence-electron chi connectivity index (χ0n) is 17.0. The van der Waals surface area contributed by atoms with Crippen LogP contribution in [-0.4, -0.2) is 11.6 Å². The van der Waals surface area contributed by atoms with Gasteiger partial charge in [0, 0.05) is 27.9 Å². The highest BCUT2D eigenvalue weighted by Gasteiger charge is 2.38. The Bertz CT molecular complexity index is 1180. The Morgan fingerprint density at radius 1 is 0.724 bits per heavy atom. The molecule has 2 aromatic carbocycles. The topological polar surface area (TPSA) is 50.1 Å². The Labute approximate surface area is 170 Å². The number of aryl methyl sites for hydroxylation is 4. The molecule has 1 aromatic heterocycles. The van der Waals surface area contributed by atoms with Crippen molar-refractivity contribution < 1.29 is 14.2 Å². The number of ketones is 2. The van der Waals surface area contributed by atoms with Crippen molar-refractivity contribution in [2.45, 2.75) is 27.7 Å². The molecule has 29 heavy (non-hydrogen) atoms. The van der Waals surface area contributed by atoms with Crippen molar-refractivity contribution in [3.8, 4) is 0 Å². The number of nitrogens with zero attached hydrogens (tertiary/aromatic N) is 1. The van der Waals surface area contributed by atoms with Crippen LogP contribution in [0, 0.1) is 27.7 Å². The number of allylic oxidation sites excluding steroid dienone is 2. The minimum absolute atomic E-state index is 0.164. The summed E-state index contributed by atoms with van der Waals surface area (Å²) in [6.45, 7) is 7.97. The maximum atomic E-state index is 13.5. The summed E-state index contributed by atoms with van der Waals surface area (Å²) in [5, 5.41) is 3.27. The van der Waals surface area contributed by atoms with Crippen molar-refractivity contribution >= 4 is 23.0 Å². The number of benzene rings is 2. The maximum absolute atomic E-state index is 13.5. The summed E-state index contributed by atoms with van der Waals surface area (Å²) in [6, 6.07) is 15.0. The van der Waals surface area contributed by atoms with E-state index in [1.54, 1.807) is 28.8 Å². The van der Waals surface area contributed by atoms with Gasteiger partial charge in [-0.05, 0) is 45.4 Å². The Kier molecular flexibility index (Phi) is 4.63. The minimum atomic E-state index is -0.179. The van der Waals surface area contributed by atoms with Crippen LogP contribution in [-0.2, 0) is 0 Å². The summed E-state index contributed by atoms with van der Waals surface area (Å²) in [5.41, 5.74) is 6.52. The first-order valence-corrected chi connectivity index (χ1v) is 9.62. The molecule has 1 N–H and O–H groups in total. The van der Waals surface area contributed by atoms with Gasteiger partial charge in [-0.2, -0.15) is 4.57 Å². The summed E-state index contributed by atoms with van der Waals surface area (Å²) in [7, 11) is 0. The van der Waals surface area contributed by atoms with Crippen LogP contribution in [0.25, 0.3) is 5.70 Å². The van der Waals surface area contributed by atoms with E-state index in [1.165, 1.54) is 0 Å². The van der Waals surface area contributed by atoms with Gasteiger partial charge in [0.15, 0.2) is 18.1 Å². The van der Waals surface area contributed by atoms with E-state index >= 15 is 0 Å². The van der Waals surface area contributed by atoms with E-state index in [0.29, 0.717) is 22.5 Å². The number of Topliss-reactive ketones (excluding diaryl/α,β-unsaturated/α-hetero) is 2. The van der Waals surface area contributed by atoms with Gasteiger partial charge in [0.25, 0.3) is 11.5 Å². The number of carbonyl (C=O) groups is 2. The number of carbonyl (C=O) groups excluding carboxylic acids is 2. The second-order valence-electron chi connectivity index (χ2n) is 7.67. The lowest BCUT2D eigenvalue weighted by Gasteiger charge is -2.19. The highest BCUT2D eigenvalue weighted by atomic mass is 16.1. The molecule has 4 heteroatoms. The normalized spacial score (nSPS) is 13.5. The van der Waals surface area contributed by atoms with E-state index in [4.69, 9.17) is 0 Å². The van der Waals surface area contributed by atoms with Crippen LogP contribution in [0.4, 0.5) is 5.69 Å². The lowest BCUT2D eigenvalue weighted by Crippen LogP contribution is -2.42. The molecule has 0 saturated heterocycles. The van der Waals surface area contributed by atoms with Gasteiger partial charge in [-0.3, -0.25) is 9.59 Å². The number of hydrogen-bond donors (Lipinski definition) is 1. The van der Waals surface area contributed by atoms with Gasteiger partial charge >= 0.3 is 0 Å². The van der Waals surface area contributed by atoms with Crippen LogP contribution in [0.15, 0.2) is 66.6 Å². The Balaban J connectivity index is 1.96. The summed E-state index contributed by atoms with van der Waals surface area (Å²) < 4.78 is 1.77. The SMILES string of the molecule is Cc1ccc(NC2=C([n+]3cc(C)cc(C)c3)C(=O)c3ccccc3C2=O)c(C)c1. The molecule has 1 aliphatic carbocycles. The van der Waals surface area contributed by atoms with Crippen LogP contribution >= 0.6 is 0 Å². The molecule has 4 nitrogen and oxygen atoms in total. The first-order chi connectivity index (χ1) is 13.8. The number of pyridine rings is 1. The number of nitrogens with one attached hydrogen (secondary N) is 1. The average Bonchev–Trinajstić information content (AvgIpc) is 2.67. The Morgan fingerprint density at radius 2 is 1.34 bits per heavy atom. The summed E-state index contributed by atoms with van der Waals surface area (Å²) >= 11 is 0. The molecule has 0 unspecified atom stereocenters. The molecular formula is C25H23N2O2+. The zero-order chi connectivity index (χ0) is 20.7. The molecule has 0 bridgehead atoms. The first kappa shape index (κ1) is 18.8. The lowest BCUT2D eigenvalue weighted by molar-refractivity contribution is -0.578. The summed E-state index contributed by atoms with van der Waals surface area (Å²) in [6.07, 6.45) is 3.76. The largest absolute Gasteiger partial charge is 0.346 e. The lowest BCUT2D eigenvalue weighted by atomic mass is 9.89. The van der Waals surface area contributed by atoms with Crippen LogP contribution < -0.4 is 9.88 Å². The molecule has 0 aliphatic heterocycles. The number of aromatic nitrogens is 1. The van der Waals surface area contributed by atoms with E-state index < -0.39 is 0 Å². The Hall–Kier alpha value is -3.53. The average molecular weight is 383 g/mol. The number of hydrogen-bond acceptors (Lipinski definition) is 3.